The number of carboxylic acid groups (broad SMARTS) is 2. The monoisotopic (exact) mass is 351 g/mol. The summed E-state index contributed by atoms with van der Waals surface area (Å²) in [5, 5.41) is 27.5. The number of phenols is 1. The lowest BCUT2D eigenvalue weighted by Crippen LogP contribution is -2.02. The molecule has 0 aliphatic carbocycles. The van der Waals surface area contributed by atoms with Gasteiger partial charge in [-0.15, -0.1) is 0 Å². The molecule has 0 atom stereocenters. The van der Waals surface area contributed by atoms with Gasteiger partial charge in [0.2, 0.25) is 0 Å². The van der Waals surface area contributed by atoms with E-state index in [4.69, 9.17) is 14.6 Å². The highest BCUT2D eigenvalue weighted by molar-refractivity contribution is 5.96. The highest BCUT2D eigenvalue weighted by atomic mass is 16.4. The van der Waals surface area contributed by atoms with Gasteiger partial charge in [0.25, 0.3) is 0 Å². The van der Waals surface area contributed by atoms with Crippen molar-refractivity contribution in [1.29, 1.82) is 0 Å². The van der Waals surface area contributed by atoms with Gasteiger partial charge in [-0.05, 0) is 54.6 Å². The predicted molar refractivity (Wildman–Crippen MR) is 93.4 cm³/mol. The number of carbonyl (C=O) groups is 2. The van der Waals surface area contributed by atoms with Crippen LogP contribution in [0.4, 0.5) is 5.69 Å². The smallest absolute Gasteiger partial charge is 0.335 e. The second-order valence-electron chi connectivity index (χ2n) is 5.39. The quantitative estimate of drug-likeness (QED) is 0.601. The van der Waals surface area contributed by atoms with Gasteiger partial charge in [0.05, 0.1) is 23.0 Å². The van der Waals surface area contributed by atoms with Gasteiger partial charge in [0, 0.05) is 5.56 Å². The van der Waals surface area contributed by atoms with E-state index in [0.717, 1.165) is 6.07 Å². The molecule has 130 valence electrons. The predicted octanol–water partition coefficient (Wildman–Crippen LogP) is 3.80. The fourth-order valence-corrected chi connectivity index (χ4v) is 2.27. The fourth-order valence-electron chi connectivity index (χ4n) is 2.27. The van der Waals surface area contributed by atoms with Gasteiger partial charge in [-0.1, -0.05) is 0 Å². The van der Waals surface area contributed by atoms with Gasteiger partial charge in [-0.2, -0.15) is 0 Å². The first kappa shape index (κ1) is 17.0. The highest BCUT2D eigenvalue weighted by Crippen LogP contribution is 2.25. The summed E-state index contributed by atoms with van der Waals surface area (Å²) in [4.78, 5) is 26.6. The Morgan fingerprint density at radius 3 is 2.08 bits per heavy atom. The van der Waals surface area contributed by atoms with E-state index in [1.165, 1.54) is 30.5 Å². The van der Waals surface area contributed by atoms with Gasteiger partial charge in [0.1, 0.15) is 17.3 Å². The standard InChI is InChI=1S/C19H13NO6/c21-15-3-1-14(2-4-15)20-10-16-5-6-17(26-16)11-7-12(18(22)23)9-13(8-11)19(24)25/h1-10,21H,(H,22,23)(H,24,25). The molecule has 0 saturated heterocycles. The molecule has 0 aliphatic rings. The number of aromatic hydroxyl groups is 1. The molecule has 26 heavy (non-hydrogen) atoms. The Bertz CT molecular complexity index is 969. The minimum atomic E-state index is -1.23. The molecule has 0 radical (unpaired) electrons. The summed E-state index contributed by atoms with van der Waals surface area (Å²) >= 11 is 0. The summed E-state index contributed by atoms with van der Waals surface area (Å²) in [6, 6.07) is 13.3. The van der Waals surface area contributed by atoms with E-state index in [1.54, 1.807) is 24.3 Å². The minimum Gasteiger partial charge on any atom is -0.508 e. The van der Waals surface area contributed by atoms with Crippen molar-refractivity contribution in [3.8, 4) is 17.1 Å². The average molecular weight is 351 g/mol. The Morgan fingerprint density at radius 2 is 1.50 bits per heavy atom. The van der Waals surface area contributed by atoms with Crippen molar-refractivity contribution in [3.05, 3.63) is 71.5 Å². The summed E-state index contributed by atoms with van der Waals surface area (Å²) in [5.74, 6) is -1.59. The first-order valence-electron chi connectivity index (χ1n) is 7.47. The van der Waals surface area contributed by atoms with E-state index in [1.807, 2.05) is 0 Å². The molecule has 3 rings (SSSR count). The molecule has 0 unspecified atom stereocenters. The second-order valence-corrected chi connectivity index (χ2v) is 5.39. The van der Waals surface area contributed by atoms with Gasteiger partial charge in [-0.25, -0.2) is 9.59 Å². The van der Waals surface area contributed by atoms with E-state index in [-0.39, 0.29) is 16.9 Å². The number of hydrogen-bond acceptors (Lipinski definition) is 5. The fraction of sp³-hybridized carbons (Fsp3) is 0. The van der Waals surface area contributed by atoms with E-state index in [2.05, 4.69) is 4.99 Å². The molecule has 1 aromatic heterocycles. The second kappa shape index (κ2) is 6.94. The van der Waals surface area contributed by atoms with Crippen molar-refractivity contribution in [2.45, 2.75) is 0 Å². The molecule has 0 spiro atoms. The van der Waals surface area contributed by atoms with Crippen LogP contribution in [0.15, 0.2) is 64.0 Å². The molecule has 2 aromatic carbocycles. The van der Waals surface area contributed by atoms with Gasteiger partial charge >= 0.3 is 11.9 Å². The molecule has 0 bridgehead atoms. The van der Waals surface area contributed by atoms with Crippen molar-refractivity contribution < 1.29 is 29.3 Å². The number of phenolic OH excluding ortho intramolecular Hbond substituents is 1. The molecule has 7 heteroatoms. The lowest BCUT2D eigenvalue weighted by molar-refractivity contribution is 0.0696. The van der Waals surface area contributed by atoms with Crippen LogP contribution in [-0.2, 0) is 0 Å². The SMILES string of the molecule is O=C(O)c1cc(C(=O)O)cc(-c2ccc(C=Nc3ccc(O)cc3)o2)c1. The number of carboxylic acids is 2. The number of nitrogens with zero attached hydrogens (tertiary/aromatic N) is 1. The van der Waals surface area contributed by atoms with Crippen molar-refractivity contribution in [1.82, 2.24) is 0 Å². The summed E-state index contributed by atoms with van der Waals surface area (Å²) in [7, 11) is 0. The first-order chi connectivity index (χ1) is 12.4. The Morgan fingerprint density at radius 1 is 0.885 bits per heavy atom. The Labute approximate surface area is 147 Å². The van der Waals surface area contributed by atoms with Crippen LogP contribution < -0.4 is 0 Å². The van der Waals surface area contributed by atoms with Crippen LogP contribution in [0.3, 0.4) is 0 Å². The molecule has 3 N–H and O–H groups in total. The number of furan rings is 1. The van der Waals surface area contributed by atoms with E-state index in [0.29, 0.717) is 22.8 Å². The highest BCUT2D eigenvalue weighted by Gasteiger charge is 2.14. The molecular formula is C19H13NO6. The lowest BCUT2D eigenvalue weighted by Gasteiger charge is -2.03. The minimum absolute atomic E-state index is 0.136. The third-order valence-corrected chi connectivity index (χ3v) is 3.53. The van der Waals surface area contributed by atoms with Crippen molar-refractivity contribution >= 4 is 23.8 Å². The summed E-state index contributed by atoms with van der Waals surface area (Å²) < 4.78 is 5.60. The van der Waals surface area contributed by atoms with Crippen LogP contribution in [0.5, 0.6) is 5.75 Å². The molecular weight excluding hydrogens is 338 g/mol. The van der Waals surface area contributed by atoms with E-state index >= 15 is 0 Å². The lowest BCUT2D eigenvalue weighted by atomic mass is 10.0. The molecule has 0 aliphatic heterocycles. The van der Waals surface area contributed by atoms with Crippen molar-refractivity contribution in [2.75, 3.05) is 0 Å². The number of aromatic carboxylic acids is 2. The Hall–Kier alpha value is -3.87. The van der Waals surface area contributed by atoms with Crippen molar-refractivity contribution in [2.24, 2.45) is 4.99 Å². The van der Waals surface area contributed by atoms with Crippen LogP contribution in [0.2, 0.25) is 0 Å². The number of hydrogen-bond donors (Lipinski definition) is 3. The zero-order valence-corrected chi connectivity index (χ0v) is 13.3. The third kappa shape index (κ3) is 3.78. The third-order valence-electron chi connectivity index (χ3n) is 3.53. The topological polar surface area (TPSA) is 120 Å². The normalized spacial score (nSPS) is 10.9. The Kier molecular flexibility index (Phi) is 4.53. The van der Waals surface area contributed by atoms with Crippen LogP contribution in [0, 0.1) is 0 Å². The molecule has 0 amide bonds. The summed E-state index contributed by atoms with van der Waals surface area (Å²) in [5.41, 5.74) is 0.666. The number of rotatable bonds is 5. The summed E-state index contributed by atoms with van der Waals surface area (Å²) in [6.45, 7) is 0. The average Bonchev–Trinajstić information content (AvgIpc) is 3.10. The van der Waals surface area contributed by atoms with Crippen LogP contribution >= 0.6 is 0 Å². The number of benzene rings is 2. The maximum absolute atomic E-state index is 11.2. The number of aliphatic imine (C=N–C) groups is 1. The Balaban J connectivity index is 1.90. The van der Waals surface area contributed by atoms with Gasteiger partial charge < -0.3 is 19.7 Å². The summed E-state index contributed by atoms with van der Waals surface area (Å²) in [6.07, 6.45) is 1.47. The molecule has 0 saturated carbocycles. The molecule has 1 heterocycles. The largest absolute Gasteiger partial charge is 0.508 e. The zero-order chi connectivity index (χ0) is 18.7. The van der Waals surface area contributed by atoms with Crippen LogP contribution in [0.25, 0.3) is 11.3 Å². The van der Waals surface area contributed by atoms with E-state index < -0.39 is 11.9 Å². The maximum Gasteiger partial charge on any atom is 0.335 e. The van der Waals surface area contributed by atoms with Gasteiger partial charge in [0.15, 0.2) is 0 Å². The van der Waals surface area contributed by atoms with Crippen LogP contribution in [0.1, 0.15) is 26.5 Å². The molecule has 7 nitrogen and oxygen atoms in total. The molecule has 3 aromatic rings. The van der Waals surface area contributed by atoms with Gasteiger partial charge in [-0.3, -0.25) is 4.99 Å². The first-order valence-corrected chi connectivity index (χ1v) is 7.47. The maximum atomic E-state index is 11.2. The van der Waals surface area contributed by atoms with Crippen molar-refractivity contribution in [3.63, 3.8) is 0 Å². The molecule has 0 fully saturated rings. The van der Waals surface area contributed by atoms with E-state index in [9.17, 15) is 14.7 Å². The van der Waals surface area contributed by atoms with Crippen LogP contribution in [-0.4, -0.2) is 33.5 Å². The zero-order valence-electron chi connectivity index (χ0n) is 13.3.